The standard InChI is InChI=1S/C33H42N2O/c1-5-22(2)31-32-30-26(16-15-23-11-9-14-27(29(23)30)33(31,3)4)25-17-19-35(24-12-7-6-8-13-24)18-10-20-36-21-28(25)34-32/h5,9,11,14-16,24-25,28H,1,6-8,10,12-13,17-21H2,2-4H3/b31-22-. The fourth-order valence-corrected chi connectivity index (χ4v) is 7.71. The molecule has 0 aromatic heterocycles. The van der Waals surface area contributed by atoms with Gasteiger partial charge in [-0.05, 0) is 72.2 Å². The van der Waals surface area contributed by atoms with E-state index < -0.39 is 0 Å². The van der Waals surface area contributed by atoms with E-state index in [9.17, 15) is 0 Å². The molecule has 6 rings (SSSR count). The Hall–Kier alpha value is -2.23. The van der Waals surface area contributed by atoms with Crippen LogP contribution in [-0.4, -0.2) is 49.0 Å². The number of hydrogen-bond acceptors (Lipinski definition) is 3. The third kappa shape index (κ3) is 3.90. The number of nitrogens with zero attached hydrogens (tertiary/aromatic N) is 2. The van der Waals surface area contributed by atoms with Crippen molar-refractivity contribution in [1.82, 2.24) is 4.90 Å². The van der Waals surface area contributed by atoms with E-state index in [1.807, 2.05) is 6.08 Å². The van der Waals surface area contributed by atoms with E-state index in [4.69, 9.17) is 9.73 Å². The predicted molar refractivity (Wildman–Crippen MR) is 151 cm³/mol. The van der Waals surface area contributed by atoms with E-state index in [1.54, 1.807) is 0 Å². The van der Waals surface area contributed by atoms with Gasteiger partial charge < -0.3 is 9.64 Å². The van der Waals surface area contributed by atoms with Crippen molar-refractivity contribution in [2.24, 2.45) is 4.99 Å². The van der Waals surface area contributed by atoms with Crippen LogP contribution in [0.5, 0.6) is 0 Å². The second-order valence-corrected chi connectivity index (χ2v) is 12.0. The van der Waals surface area contributed by atoms with E-state index in [2.05, 4.69) is 62.6 Å². The van der Waals surface area contributed by atoms with E-state index in [0.29, 0.717) is 5.92 Å². The number of fused-ring (bicyclic) bond motifs is 2. The van der Waals surface area contributed by atoms with Crippen molar-refractivity contribution in [2.45, 2.75) is 89.1 Å². The summed E-state index contributed by atoms with van der Waals surface area (Å²) in [5.74, 6) is 0.400. The maximum atomic E-state index is 6.33. The van der Waals surface area contributed by atoms with Crippen LogP contribution in [0.1, 0.15) is 88.3 Å². The Balaban J connectivity index is 1.49. The highest BCUT2D eigenvalue weighted by Crippen LogP contribution is 2.50. The molecule has 0 N–H and O–H groups in total. The number of allylic oxidation sites excluding steroid dienone is 3. The van der Waals surface area contributed by atoms with Gasteiger partial charge in [0.15, 0.2) is 0 Å². The quantitative estimate of drug-likeness (QED) is 0.447. The summed E-state index contributed by atoms with van der Waals surface area (Å²) in [7, 11) is 0. The highest BCUT2D eigenvalue weighted by molar-refractivity contribution is 6.25. The molecule has 2 aliphatic carbocycles. The SMILES string of the molecule is C=C/C(C)=C1/C2=NC3COCCCN(C4CCCCC4)CCC3c3ccc4cccc(c4c32)C1(C)C. The first-order valence-electron chi connectivity index (χ1n) is 14.3. The minimum Gasteiger partial charge on any atom is -0.379 e. The highest BCUT2D eigenvalue weighted by Gasteiger charge is 2.43. The van der Waals surface area contributed by atoms with Crippen LogP contribution in [0.2, 0.25) is 0 Å². The average molecular weight is 483 g/mol. The summed E-state index contributed by atoms with van der Waals surface area (Å²) in [6.07, 6.45) is 11.2. The van der Waals surface area contributed by atoms with Crippen LogP contribution < -0.4 is 0 Å². The molecular weight excluding hydrogens is 440 g/mol. The fraction of sp³-hybridized carbons (Fsp3) is 0.545. The van der Waals surface area contributed by atoms with E-state index in [-0.39, 0.29) is 11.5 Å². The third-order valence-corrected chi connectivity index (χ3v) is 9.55. The molecule has 0 bridgehead atoms. The third-order valence-electron chi connectivity index (χ3n) is 9.55. The van der Waals surface area contributed by atoms with E-state index in [1.165, 1.54) is 89.5 Å². The zero-order chi connectivity index (χ0) is 24.9. The molecule has 2 aromatic rings. The smallest absolute Gasteiger partial charge is 0.0809 e. The van der Waals surface area contributed by atoms with Gasteiger partial charge in [-0.1, -0.05) is 76.1 Å². The Morgan fingerprint density at radius 3 is 2.69 bits per heavy atom. The molecule has 3 heteroatoms. The molecule has 190 valence electrons. The molecule has 2 aliphatic heterocycles. The number of rotatable bonds is 2. The summed E-state index contributed by atoms with van der Waals surface area (Å²) in [5.41, 5.74) is 7.95. The number of hydrogen-bond donors (Lipinski definition) is 0. The summed E-state index contributed by atoms with van der Waals surface area (Å²) in [4.78, 5) is 8.39. The molecule has 4 aliphatic rings. The maximum Gasteiger partial charge on any atom is 0.0809 e. The second kappa shape index (κ2) is 9.58. The van der Waals surface area contributed by atoms with E-state index >= 15 is 0 Å². The summed E-state index contributed by atoms with van der Waals surface area (Å²) in [5, 5.41) is 2.75. The van der Waals surface area contributed by atoms with Crippen molar-refractivity contribution in [3.8, 4) is 0 Å². The van der Waals surface area contributed by atoms with Crippen LogP contribution in [0.15, 0.2) is 59.1 Å². The Bertz CT molecular complexity index is 1230. The lowest BCUT2D eigenvalue weighted by Gasteiger charge is -2.43. The zero-order valence-corrected chi connectivity index (χ0v) is 22.5. The minimum absolute atomic E-state index is 0.121. The second-order valence-electron chi connectivity index (χ2n) is 12.0. The molecule has 2 unspecified atom stereocenters. The maximum absolute atomic E-state index is 6.33. The first-order valence-corrected chi connectivity index (χ1v) is 14.3. The van der Waals surface area contributed by atoms with Gasteiger partial charge in [0.2, 0.25) is 0 Å². The van der Waals surface area contributed by atoms with Crippen LogP contribution in [0.4, 0.5) is 0 Å². The molecule has 2 heterocycles. The molecule has 1 saturated carbocycles. The van der Waals surface area contributed by atoms with Gasteiger partial charge in [0.25, 0.3) is 0 Å². The lowest BCUT2D eigenvalue weighted by atomic mass is 9.63. The minimum atomic E-state index is -0.121. The lowest BCUT2D eigenvalue weighted by molar-refractivity contribution is 0.0750. The fourth-order valence-electron chi connectivity index (χ4n) is 7.71. The van der Waals surface area contributed by atoms with Crippen LogP contribution in [0.3, 0.4) is 0 Å². The molecule has 0 spiro atoms. The highest BCUT2D eigenvalue weighted by atomic mass is 16.5. The number of ether oxygens (including phenoxy) is 1. The molecule has 2 fully saturated rings. The average Bonchev–Trinajstić information content (AvgIpc) is 2.90. The monoisotopic (exact) mass is 482 g/mol. The van der Waals surface area contributed by atoms with Crippen molar-refractivity contribution >= 4 is 16.5 Å². The van der Waals surface area contributed by atoms with Gasteiger partial charge in [0, 0.05) is 36.1 Å². The van der Waals surface area contributed by atoms with Crippen LogP contribution in [-0.2, 0) is 10.2 Å². The van der Waals surface area contributed by atoms with Gasteiger partial charge in [0.1, 0.15) is 0 Å². The van der Waals surface area contributed by atoms with Crippen LogP contribution in [0.25, 0.3) is 10.8 Å². The molecule has 0 amide bonds. The topological polar surface area (TPSA) is 24.8 Å². The molecular formula is C33H42N2O. The van der Waals surface area contributed by atoms with Crippen molar-refractivity contribution < 1.29 is 4.74 Å². The first kappa shape index (κ1) is 24.1. The van der Waals surface area contributed by atoms with Gasteiger partial charge in [-0.3, -0.25) is 4.99 Å². The zero-order valence-electron chi connectivity index (χ0n) is 22.5. The van der Waals surface area contributed by atoms with Gasteiger partial charge in [0.05, 0.1) is 18.4 Å². The Morgan fingerprint density at radius 1 is 1.06 bits per heavy atom. The summed E-state index contributed by atoms with van der Waals surface area (Å²) >= 11 is 0. The Labute approximate surface area is 217 Å². The molecule has 3 nitrogen and oxygen atoms in total. The largest absolute Gasteiger partial charge is 0.379 e. The normalized spacial score (nSPS) is 28.2. The molecule has 1 saturated heterocycles. The van der Waals surface area contributed by atoms with Gasteiger partial charge in [-0.2, -0.15) is 0 Å². The molecule has 36 heavy (non-hydrogen) atoms. The van der Waals surface area contributed by atoms with E-state index in [0.717, 1.165) is 32.1 Å². The number of aliphatic imine (C=N–C) groups is 1. The first-order chi connectivity index (χ1) is 17.5. The predicted octanol–water partition coefficient (Wildman–Crippen LogP) is 7.33. The lowest BCUT2D eigenvalue weighted by Crippen LogP contribution is -2.42. The van der Waals surface area contributed by atoms with Crippen LogP contribution in [0, 0.1) is 0 Å². The summed E-state index contributed by atoms with van der Waals surface area (Å²) in [6.45, 7) is 15.0. The Morgan fingerprint density at radius 2 is 1.89 bits per heavy atom. The molecule has 2 aromatic carbocycles. The summed E-state index contributed by atoms with van der Waals surface area (Å²) < 4.78 is 6.33. The van der Waals surface area contributed by atoms with Crippen molar-refractivity contribution in [2.75, 3.05) is 26.3 Å². The van der Waals surface area contributed by atoms with Crippen molar-refractivity contribution in [3.63, 3.8) is 0 Å². The van der Waals surface area contributed by atoms with Crippen molar-refractivity contribution in [1.29, 1.82) is 0 Å². The van der Waals surface area contributed by atoms with Gasteiger partial charge in [-0.15, -0.1) is 0 Å². The Kier molecular flexibility index (Phi) is 6.42. The molecule has 2 atom stereocenters. The molecule has 0 radical (unpaired) electrons. The number of benzene rings is 2. The van der Waals surface area contributed by atoms with Crippen LogP contribution >= 0.6 is 0 Å². The van der Waals surface area contributed by atoms with Crippen molar-refractivity contribution in [3.05, 3.63) is 70.8 Å². The summed E-state index contributed by atoms with van der Waals surface area (Å²) in [6, 6.07) is 12.5. The van der Waals surface area contributed by atoms with Gasteiger partial charge >= 0.3 is 0 Å². The van der Waals surface area contributed by atoms with Gasteiger partial charge in [-0.25, -0.2) is 0 Å².